The molecule has 0 fully saturated rings. The van der Waals surface area contributed by atoms with Crippen molar-refractivity contribution in [3.8, 4) is 0 Å². The predicted molar refractivity (Wildman–Crippen MR) is 77.1 cm³/mol. The highest BCUT2D eigenvalue weighted by Crippen LogP contribution is 2.35. The van der Waals surface area contributed by atoms with Gasteiger partial charge in [0.1, 0.15) is 5.69 Å². The smallest absolute Gasteiger partial charge is 0.191 e. The molecule has 0 aliphatic carbocycles. The van der Waals surface area contributed by atoms with E-state index in [2.05, 4.69) is 25.2 Å². The first kappa shape index (κ1) is 12.0. The molecule has 1 aliphatic rings. The number of nitrogens with one attached hydrogen (secondary N) is 1. The highest BCUT2D eigenvalue weighted by atomic mass is 32.2. The molecule has 0 saturated heterocycles. The van der Waals surface area contributed by atoms with Crippen LogP contribution < -0.4 is 16.0 Å². The van der Waals surface area contributed by atoms with Gasteiger partial charge < -0.3 is 16.0 Å². The summed E-state index contributed by atoms with van der Waals surface area (Å²) in [6, 6.07) is 3.98. The largest absolute Gasteiger partial charge is 0.382 e. The Morgan fingerprint density at radius 2 is 2.37 bits per heavy atom. The van der Waals surface area contributed by atoms with E-state index in [1.165, 1.54) is 11.8 Å². The first-order valence-corrected chi connectivity index (χ1v) is 7.09. The number of pyridine rings is 1. The summed E-state index contributed by atoms with van der Waals surface area (Å²) in [6.45, 7) is 1.43. The van der Waals surface area contributed by atoms with Gasteiger partial charge in [0.05, 0.1) is 6.67 Å². The maximum atomic E-state index is 5.94. The first-order chi connectivity index (χ1) is 9.28. The van der Waals surface area contributed by atoms with Crippen LogP contribution in [0.5, 0.6) is 0 Å². The minimum atomic E-state index is 0.503. The van der Waals surface area contributed by atoms with Crippen molar-refractivity contribution >= 4 is 29.1 Å². The van der Waals surface area contributed by atoms with Crippen molar-refractivity contribution in [1.82, 2.24) is 15.0 Å². The van der Waals surface area contributed by atoms with Gasteiger partial charge in [-0.05, 0) is 17.9 Å². The number of thioether (sulfide) groups is 1. The molecule has 2 aromatic rings. The van der Waals surface area contributed by atoms with Gasteiger partial charge in [-0.3, -0.25) is 4.98 Å². The number of nitrogen functional groups attached to an aromatic ring is 1. The summed E-state index contributed by atoms with van der Waals surface area (Å²) >= 11 is 1.49. The van der Waals surface area contributed by atoms with Crippen LogP contribution in [0.25, 0.3) is 0 Å². The number of hydrogen-bond donors (Lipinski definition) is 2. The van der Waals surface area contributed by atoms with E-state index in [1.807, 2.05) is 24.6 Å². The maximum absolute atomic E-state index is 5.94. The first-order valence-electron chi connectivity index (χ1n) is 5.87. The van der Waals surface area contributed by atoms with Crippen molar-refractivity contribution in [2.24, 2.45) is 0 Å². The Morgan fingerprint density at radius 3 is 3.11 bits per heavy atom. The molecule has 1 aliphatic heterocycles. The zero-order chi connectivity index (χ0) is 13.2. The predicted octanol–water partition coefficient (Wildman–Crippen LogP) is 1.57. The van der Waals surface area contributed by atoms with Crippen molar-refractivity contribution in [1.29, 1.82) is 0 Å². The van der Waals surface area contributed by atoms with Gasteiger partial charge >= 0.3 is 0 Å². The van der Waals surface area contributed by atoms with Crippen LogP contribution in [0, 0.1) is 0 Å². The normalized spacial score (nSPS) is 13.2. The Hall–Kier alpha value is -2.02. The van der Waals surface area contributed by atoms with Gasteiger partial charge in [-0.15, -0.1) is 0 Å². The summed E-state index contributed by atoms with van der Waals surface area (Å²) in [7, 11) is 0. The van der Waals surface area contributed by atoms with E-state index in [0.29, 0.717) is 17.6 Å². The molecule has 98 valence electrons. The number of nitrogens with two attached hydrogens (primary N) is 1. The summed E-state index contributed by atoms with van der Waals surface area (Å²) in [5.74, 6) is 1.36. The van der Waals surface area contributed by atoms with Crippen molar-refractivity contribution in [2.45, 2.75) is 11.7 Å². The zero-order valence-electron chi connectivity index (χ0n) is 10.5. The molecule has 0 radical (unpaired) electrons. The molecule has 3 rings (SSSR count). The average Bonchev–Trinajstić information content (AvgIpc) is 2.83. The van der Waals surface area contributed by atoms with E-state index in [4.69, 9.17) is 5.73 Å². The second-order valence-electron chi connectivity index (χ2n) is 4.19. The van der Waals surface area contributed by atoms with Crippen LogP contribution in [0.4, 0.5) is 17.3 Å². The van der Waals surface area contributed by atoms with Gasteiger partial charge in [-0.2, -0.15) is 0 Å². The van der Waals surface area contributed by atoms with Crippen molar-refractivity contribution in [3.05, 3.63) is 30.1 Å². The van der Waals surface area contributed by atoms with Crippen LogP contribution in [0.2, 0.25) is 0 Å². The monoisotopic (exact) mass is 274 g/mol. The van der Waals surface area contributed by atoms with Gasteiger partial charge in [-0.25, -0.2) is 9.97 Å². The fourth-order valence-corrected chi connectivity index (χ4v) is 2.39. The minimum Gasteiger partial charge on any atom is -0.382 e. The van der Waals surface area contributed by atoms with Crippen LogP contribution in [0.1, 0.15) is 5.56 Å². The van der Waals surface area contributed by atoms with Crippen LogP contribution >= 0.6 is 11.8 Å². The molecule has 0 bridgehead atoms. The molecule has 0 amide bonds. The fourth-order valence-electron chi connectivity index (χ4n) is 2.03. The summed E-state index contributed by atoms with van der Waals surface area (Å²) in [6.07, 6.45) is 5.57. The SMILES string of the molecule is CSc1nc(N)c2c(n1)N(Cc1cccnc1)CN2. The summed E-state index contributed by atoms with van der Waals surface area (Å²) in [5, 5.41) is 3.93. The number of anilines is 3. The third-order valence-electron chi connectivity index (χ3n) is 2.92. The van der Waals surface area contributed by atoms with E-state index in [0.717, 1.165) is 23.6 Å². The van der Waals surface area contributed by atoms with E-state index >= 15 is 0 Å². The van der Waals surface area contributed by atoms with Crippen LogP contribution in [-0.2, 0) is 6.54 Å². The number of hydrogen-bond acceptors (Lipinski definition) is 7. The molecule has 19 heavy (non-hydrogen) atoms. The molecule has 0 unspecified atom stereocenters. The highest BCUT2D eigenvalue weighted by molar-refractivity contribution is 7.98. The van der Waals surface area contributed by atoms with E-state index < -0.39 is 0 Å². The molecule has 0 aromatic carbocycles. The van der Waals surface area contributed by atoms with Gasteiger partial charge in [-0.1, -0.05) is 17.8 Å². The number of rotatable bonds is 3. The summed E-state index contributed by atoms with van der Waals surface area (Å²) in [5.41, 5.74) is 7.90. The van der Waals surface area contributed by atoms with Gasteiger partial charge in [0.15, 0.2) is 16.8 Å². The minimum absolute atomic E-state index is 0.503. The molecule has 6 nitrogen and oxygen atoms in total. The third kappa shape index (κ3) is 2.28. The lowest BCUT2D eigenvalue weighted by atomic mass is 10.3. The summed E-state index contributed by atoms with van der Waals surface area (Å²) in [4.78, 5) is 15.0. The molecule has 0 spiro atoms. The molecule has 2 aromatic heterocycles. The van der Waals surface area contributed by atoms with Crippen LogP contribution in [0.3, 0.4) is 0 Å². The van der Waals surface area contributed by atoms with E-state index in [-0.39, 0.29) is 0 Å². The van der Waals surface area contributed by atoms with Gasteiger partial charge in [0, 0.05) is 18.9 Å². The number of aromatic nitrogens is 3. The third-order valence-corrected chi connectivity index (χ3v) is 3.47. The Labute approximate surface area is 115 Å². The topological polar surface area (TPSA) is 80.0 Å². The maximum Gasteiger partial charge on any atom is 0.191 e. The lowest BCUT2D eigenvalue weighted by Crippen LogP contribution is -2.22. The van der Waals surface area contributed by atoms with E-state index in [1.54, 1.807) is 6.20 Å². The molecule has 3 N–H and O–H groups in total. The molecule has 0 atom stereocenters. The average molecular weight is 274 g/mol. The second-order valence-corrected chi connectivity index (χ2v) is 4.96. The van der Waals surface area contributed by atoms with Crippen LogP contribution in [0.15, 0.2) is 29.7 Å². The summed E-state index contributed by atoms with van der Waals surface area (Å²) < 4.78 is 0. The number of nitrogens with zero attached hydrogens (tertiary/aromatic N) is 4. The number of fused-ring (bicyclic) bond motifs is 1. The lowest BCUT2D eigenvalue weighted by Gasteiger charge is -2.17. The van der Waals surface area contributed by atoms with Gasteiger partial charge in [0.25, 0.3) is 0 Å². The Kier molecular flexibility index (Phi) is 3.12. The van der Waals surface area contributed by atoms with Gasteiger partial charge in [0.2, 0.25) is 0 Å². The standard InChI is InChI=1S/C12H14N6S/c1-19-12-16-10(13)9-11(17-12)18(7-15-9)6-8-3-2-4-14-5-8/h2-5,15H,6-7H2,1H3,(H2,13,16,17). The van der Waals surface area contributed by atoms with Crippen LogP contribution in [-0.4, -0.2) is 27.9 Å². The lowest BCUT2D eigenvalue weighted by molar-refractivity contribution is 0.836. The molecular weight excluding hydrogens is 260 g/mol. The van der Waals surface area contributed by atoms with E-state index in [9.17, 15) is 0 Å². The quantitative estimate of drug-likeness (QED) is 0.649. The Morgan fingerprint density at radius 1 is 1.47 bits per heavy atom. The molecule has 7 heteroatoms. The Balaban J connectivity index is 1.91. The fraction of sp³-hybridized carbons (Fsp3) is 0.250. The highest BCUT2D eigenvalue weighted by Gasteiger charge is 2.24. The second kappa shape index (κ2) is 4.93. The zero-order valence-corrected chi connectivity index (χ0v) is 11.3. The van der Waals surface area contributed by atoms with Crippen molar-refractivity contribution in [3.63, 3.8) is 0 Å². The van der Waals surface area contributed by atoms with Crippen molar-refractivity contribution in [2.75, 3.05) is 28.9 Å². The van der Waals surface area contributed by atoms with Crippen molar-refractivity contribution < 1.29 is 0 Å². The molecular formula is C12H14N6S. The Bertz CT molecular complexity index is 588. The molecule has 0 saturated carbocycles. The molecule has 3 heterocycles.